The van der Waals surface area contributed by atoms with Crippen molar-refractivity contribution in [3.05, 3.63) is 89.7 Å². The van der Waals surface area contributed by atoms with E-state index in [2.05, 4.69) is 36.6 Å². The molecular weight excluding hydrogens is 366 g/mol. The first kappa shape index (κ1) is 20.1. The average Bonchev–Trinajstić information content (AvgIpc) is 2.72. The van der Waals surface area contributed by atoms with E-state index in [0.29, 0.717) is 22.6 Å². The molecule has 29 heavy (non-hydrogen) atoms. The number of rotatable bonds is 4. The summed E-state index contributed by atoms with van der Waals surface area (Å²) in [6.45, 7) is 6.32. The minimum atomic E-state index is -0.417. The number of hydrogen-bond donors (Lipinski definition) is 2. The molecule has 148 valence electrons. The molecule has 6 nitrogen and oxygen atoms in total. The lowest BCUT2D eigenvalue weighted by molar-refractivity contribution is 0.0846. The topological polar surface area (TPSA) is 80.3 Å². The van der Waals surface area contributed by atoms with Gasteiger partial charge in [-0.05, 0) is 59.5 Å². The van der Waals surface area contributed by atoms with Gasteiger partial charge >= 0.3 is 0 Å². The predicted molar refractivity (Wildman–Crippen MR) is 111 cm³/mol. The first-order valence-corrected chi connectivity index (χ1v) is 9.22. The Kier molecular flexibility index (Phi) is 5.93. The summed E-state index contributed by atoms with van der Waals surface area (Å²) in [7, 11) is 0. The largest absolute Gasteiger partial charge is 0.457 e. The minimum absolute atomic E-state index is 0.0104. The second kappa shape index (κ2) is 8.56. The highest BCUT2D eigenvalue weighted by atomic mass is 16.5. The van der Waals surface area contributed by atoms with Crippen LogP contribution in [0.4, 0.5) is 0 Å². The van der Waals surface area contributed by atoms with Gasteiger partial charge in [0.15, 0.2) is 0 Å². The van der Waals surface area contributed by atoms with Gasteiger partial charge in [-0.2, -0.15) is 0 Å². The molecule has 0 saturated carbocycles. The standard InChI is InChI=1S/C23H23N3O3/c1-23(2,3)18-8-4-16(5-9-18)21(27)25-26-22(28)17-6-10-19(11-7-17)29-20-12-14-24-15-13-20/h4-15H,1-3H3,(H,25,27)(H,26,28). The fraction of sp³-hybridized carbons (Fsp3) is 0.174. The first-order valence-electron chi connectivity index (χ1n) is 9.22. The SMILES string of the molecule is CC(C)(C)c1ccc(C(=O)NNC(=O)c2ccc(Oc3ccncc3)cc2)cc1. The highest BCUT2D eigenvalue weighted by molar-refractivity contribution is 5.99. The van der Waals surface area contributed by atoms with Crippen LogP contribution >= 0.6 is 0 Å². The maximum Gasteiger partial charge on any atom is 0.269 e. The fourth-order valence-corrected chi connectivity index (χ4v) is 2.60. The molecule has 0 atom stereocenters. The van der Waals surface area contributed by atoms with E-state index >= 15 is 0 Å². The molecule has 0 radical (unpaired) electrons. The van der Waals surface area contributed by atoms with Gasteiger partial charge in [0.2, 0.25) is 0 Å². The molecule has 0 fully saturated rings. The number of carbonyl (C=O) groups excluding carboxylic acids is 2. The maximum atomic E-state index is 12.3. The third-order valence-corrected chi connectivity index (χ3v) is 4.30. The highest BCUT2D eigenvalue weighted by Crippen LogP contribution is 2.22. The number of carbonyl (C=O) groups is 2. The molecule has 0 bridgehead atoms. The lowest BCUT2D eigenvalue weighted by Crippen LogP contribution is -2.41. The van der Waals surface area contributed by atoms with Crippen LogP contribution in [0.15, 0.2) is 73.1 Å². The van der Waals surface area contributed by atoms with Crippen molar-refractivity contribution in [3.8, 4) is 11.5 Å². The Morgan fingerprint density at radius 3 is 1.66 bits per heavy atom. The molecule has 0 unspecified atom stereocenters. The van der Waals surface area contributed by atoms with Crippen molar-refractivity contribution in [2.75, 3.05) is 0 Å². The molecule has 0 aliphatic carbocycles. The van der Waals surface area contributed by atoms with Crippen molar-refractivity contribution in [2.45, 2.75) is 26.2 Å². The minimum Gasteiger partial charge on any atom is -0.457 e. The van der Waals surface area contributed by atoms with Crippen LogP contribution in [0, 0.1) is 0 Å². The predicted octanol–water partition coefficient (Wildman–Crippen LogP) is 4.25. The molecule has 1 aromatic heterocycles. The van der Waals surface area contributed by atoms with E-state index in [0.717, 1.165) is 5.56 Å². The van der Waals surface area contributed by atoms with Crippen LogP contribution in [-0.2, 0) is 5.41 Å². The normalized spacial score (nSPS) is 10.9. The summed E-state index contributed by atoms with van der Waals surface area (Å²) in [6, 6.07) is 17.4. The molecule has 6 heteroatoms. The molecule has 2 aromatic carbocycles. The number of hydrogen-bond acceptors (Lipinski definition) is 4. The van der Waals surface area contributed by atoms with Crippen LogP contribution < -0.4 is 15.6 Å². The second-order valence-electron chi connectivity index (χ2n) is 7.54. The van der Waals surface area contributed by atoms with Gasteiger partial charge in [-0.15, -0.1) is 0 Å². The van der Waals surface area contributed by atoms with Gasteiger partial charge in [0.25, 0.3) is 11.8 Å². The molecule has 3 rings (SSSR count). The van der Waals surface area contributed by atoms with Crippen LogP contribution in [0.3, 0.4) is 0 Å². The van der Waals surface area contributed by atoms with Gasteiger partial charge in [0.1, 0.15) is 11.5 Å². The summed E-state index contributed by atoms with van der Waals surface area (Å²) in [4.78, 5) is 28.4. The van der Waals surface area contributed by atoms with Crippen LogP contribution in [0.1, 0.15) is 47.1 Å². The molecule has 3 aromatic rings. The van der Waals surface area contributed by atoms with Crippen molar-refractivity contribution in [1.82, 2.24) is 15.8 Å². The molecule has 1 heterocycles. The van der Waals surface area contributed by atoms with E-state index in [-0.39, 0.29) is 11.3 Å². The van der Waals surface area contributed by atoms with Crippen molar-refractivity contribution >= 4 is 11.8 Å². The van der Waals surface area contributed by atoms with Crippen LogP contribution in [0.25, 0.3) is 0 Å². The van der Waals surface area contributed by atoms with E-state index < -0.39 is 5.91 Å². The van der Waals surface area contributed by atoms with Crippen molar-refractivity contribution < 1.29 is 14.3 Å². The Bertz CT molecular complexity index is 977. The second-order valence-corrected chi connectivity index (χ2v) is 7.54. The van der Waals surface area contributed by atoms with E-state index in [1.54, 1.807) is 60.9 Å². The fourth-order valence-electron chi connectivity index (χ4n) is 2.60. The zero-order valence-electron chi connectivity index (χ0n) is 16.6. The number of aromatic nitrogens is 1. The zero-order chi connectivity index (χ0) is 20.9. The molecule has 0 spiro atoms. The third kappa shape index (κ3) is 5.42. The highest BCUT2D eigenvalue weighted by Gasteiger charge is 2.15. The van der Waals surface area contributed by atoms with E-state index in [1.807, 2.05) is 12.1 Å². The molecule has 2 amide bonds. The van der Waals surface area contributed by atoms with Crippen molar-refractivity contribution in [2.24, 2.45) is 0 Å². The Morgan fingerprint density at radius 1 is 0.724 bits per heavy atom. The molecule has 0 aliphatic heterocycles. The Labute approximate surface area is 169 Å². The summed E-state index contributed by atoms with van der Waals surface area (Å²) in [5, 5.41) is 0. The quantitative estimate of drug-likeness (QED) is 0.654. The zero-order valence-corrected chi connectivity index (χ0v) is 16.6. The number of benzene rings is 2. The van der Waals surface area contributed by atoms with Crippen molar-refractivity contribution in [1.29, 1.82) is 0 Å². The molecule has 0 saturated heterocycles. The smallest absolute Gasteiger partial charge is 0.269 e. The van der Waals surface area contributed by atoms with Gasteiger partial charge in [0.05, 0.1) is 0 Å². The van der Waals surface area contributed by atoms with Crippen LogP contribution in [0.5, 0.6) is 11.5 Å². The number of nitrogens with one attached hydrogen (secondary N) is 2. The number of ether oxygens (including phenoxy) is 1. The van der Waals surface area contributed by atoms with Gasteiger partial charge in [0, 0.05) is 23.5 Å². The number of amides is 2. The Balaban J connectivity index is 1.55. The number of nitrogens with zero attached hydrogens (tertiary/aromatic N) is 1. The Morgan fingerprint density at radius 2 is 1.17 bits per heavy atom. The van der Waals surface area contributed by atoms with E-state index in [9.17, 15) is 9.59 Å². The summed E-state index contributed by atoms with van der Waals surface area (Å²) in [5.41, 5.74) is 6.87. The molecular formula is C23H23N3O3. The maximum absolute atomic E-state index is 12.3. The lowest BCUT2D eigenvalue weighted by Gasteiger charge is -2.19. The summed E-state index contributed by atoms with van der Waals surface area (Å²) < 4.78 is 5.66. The number of pyridine rings is 1. The summed E-state index contributed by atoms with van der Waals surface area (Å²) in [6.07, 6.45) is 3.27. The molecule has 2 N–H and O–H groups in total. The van der Waals surface area contributed by atoms with Crippen LogP contribution in [-0.4, -0.2) is 16.8 Å². The monoisotopic (exact) mass is 389 g/mol. The molecule has 0 aliphatic rings. The summed E-state index contributed by atoms with van der Waals surface area (Å²) >= 11 is 0. The van der Waals surface area contributed by atoms with E-state index in [1.165, 1.54) is 0 Å². The van der Waals surface area contributed by atoms with Gasteiger partial charge in [-0.25, -0.2) is 0 Å². The van der Waals surface area contributed by atoms with Gasteiger partial charge in [-0.3, -0.25) is 25.4 Å². The van der Waals surface area contributed by atoms with Crippen LogP contribution in [0.2, 0.25) is 0 Å². The van der Waals surface area contributed by atoms with Gasteiger partial charge < -0.3 is 4.74 Å². The Hall–Kier alpha value is -3.67. The lowest BCUT2D eigenvalue weighted by atomic mass is 9.87. The number of hydrazine groups is 1. The first-order chi connectivity index (χ1) is 13.8. The van der Waals surface area contributed by atoms with Gasteiger partial charge in [-0.1, -0.05) is 32.9 Å². The average molecular weight is 389 g/mol. The third-order valence-electron chi connectivity index (χ3n) is 4.30. The van der Waals surface area contributed by atoms with E-state index in [4.69, 9.17) is 4.74 Å². The summed E-state index contributed by atoms with van der Waals surface area (Å²) in [5.74, 6) is 0.453. The van der Waals surface area contributed by atoms with Crippen molar-refractivity contribution in [3.63, 3.8) is 0 Å².